The average molecular weight is 1520 g/mol. The van der Waals surface area contributed by atoms with E-state index >= 15 is 0 Å². The van der Waals surface area contributed by atoms with Gasteiger partial charge in [0.15, 0.2) is 0 Å². The van der Waals surface area contributed by atoms with Crippen LogP contribution in [-0.4, -0.2) is 121 Å². The number of carbonyl (C=O) groups is 5. The highest BCUT2D eigenvalue weighted by atomic mass is 16.3. The van der Waals surface area contributed by atoms with E-state index in [1.165, 1.54) is 5.39 Å². The SMILES string of the molecule is CNC(=O)c1c[nH]c2c(=O)[nH]c3ccccc3c12.O=C(NCCCO)c1c[nH]c2c(=O)[nH]c3ccccc3c12.O=C(NCCc1c[nH]c2ccccc12)c1c[nH]c2c(=O)[nH]c3ccccc3c12.O=C(NCc1ccncc1)c1c[nH]c2c(=O)[nH]c3ccccc3c12.O=C(Nc1ccccc1)c1c[nH]c2c(=O)[nH]c3ccccc3c12. The second-order valence-corrected chi connectivity index (χ2v) is 26.4. The van der Waals surface area contributed by atoms with Crippen LogP contribution in [0.3, 0.4) is 0 Å². The van der Waals surface area contributed by atoms with E-state index in [2.05, 4.69) is 92.5 Å². The van der Waals surface area contributed by atoms with E-state index in [9.17, 15) is 47.9 Å². The van der Waals surface area contributed by atoms with E-state index in [-0.39, 0.29) is 63.9 Å². The van der Waals surface area contributed by atoms with Crippen LogP contribution in [0.15, 0.2) is 262 Å². The van der Waals surface area contributed by atoms with Gasteiger partial charge in [-0.3, -0.25) is 52.9 Å². The lowest BCUT2D eigenvalue weighted by Gasteiger charge is -2.06. The number of aliphatic hydroxyl groups is 1. The molecule has 0 saturated carbocycles. The van der Waals surface area contributed by atoms with Gasteiger partial charge in [-0.25, -0.2) is 0 Å². The van der Waals surface area contributed by atoms with E-state index in [4.69, 9.17) is 5.11 Å². The number of nitrogens with zero attached hydrogens (tertiary/aromatic N) is 1. The van der Waals surface area contributed by atoms with Gasteiger partial charge in [-0.15, -0.1) is 0 Å². The van der Waals surface area contributed by atoms with Crippen LogP contribution in [-0.2, 0) is 13.0 Å². The molecule has 0 aliphatic heterocycles. The van der Waals surface area contributed by atoms with Gasteiger partial charge in [-0.05, 0) is 84.6 Å². The third kappa shape index (κ3) is 14.9. The fourth-order valence-corrected chi connectivity index (χ4v) is 14.0. The predicted molar refractivity (Wildman–Crippen MR) is 444 cm³/mol. The second kappa shape index (κ2) is 32.6. The van der Waals surface area contributed by atoms with Crippen LogP contribution in [0.5, 0.6) is 0 Å². The largest absolute Gasteiger partial charge is 0.396 e. The Morgan fingerprint density at radius 2 is 0.667 bits per heavy atom. The zero-order chi connectivity index (χ0) is 78.9. The number of fused-ring (bicyclic) bond motifs is 16. The molecule has 0 radical (unpaired) electrons. The van der Waals surface area contributed by atoms with E-state index in [1.807, 2.05) is 182 Å². The molecule has 0 aliphatic carbocycles. The maximum absolute atomic E-state index is 12.8. The Bertz CT molecular complexity index is 7220. The highest BCUT2D eigenvalue weighted by molar-refractivity contribution is 6.21. The van der Waals surface area contributed by atoms with Crippen molar-refractivity contribution < 1.29 is 29.1 Å². The summed E-state index contributed by atoms with van der Waals surface area (Å²) in [5, 5.41) is 31.3. The monoisotopic (exact) mass is 1520 g/mol. The molecule has 12 aromatic heterocycles. The molecule has 566 valence electrons. The minimum Gasteiger partial charge on any atom is -0.396 e. The number of amides is 5. The first-order valence-electron chi connectivity index (χ1n) is 36.2. The lowest BCUT2D eigenvalue weighted by Crippen LogP contribution is -2.25. The Morgan fingerprint density at radius 1 is 0.342 bits per heavy atom. The molecule has 0 spiro atoms. The number of anilines is 1. The highest BCUT2D eigenvalue weighted by Gasteiger charge is 2.23. The number of aromatic amines is 11. The molecule has 114 heavy (non-hydrogen) atoms. The maximum atomic E-state index is 12.8. The Morgan fingerprint density at radius 3 is 1.04 bits per heavy atom. The Balaban J connectivity index is 0.000000113. The zero-order valence-electron chi connectivity index (χ0n) is 60.7. The number of para-hydroxylation sites is 7. The summed E-state index contributed by atoms with van der Waals surface area (Å²) in [6.45, 7) is 1.32. The standard InChI is InChI=1S/C22H18N4O2.C18H14N4O2.C18H13N3O2.C15H15N3O3.C13H11N3O2/c27-21(23-10-9-13-11-24-17-7-3-1-5-14(13)17)16-12-25-20-19(16)15-6-2-4-8-18(15)26-22(20)28;23-17(21-9-11-5-7-19-8-6-11)13-10-20-16-15(13)12-3-1-2-4-14(12)22-18(16)24;22-17(20-11-6-2-1-3-7-11)13-10-19-16-15(13)12-8-4-5-9-14(12)21-18(16)23;19-7-3-6-16-14(20)10-8-17-13-12(10)9-4-1-2-5-11(9)18-15(13)21;1-14-12(17)8-6-15-11-10(8)7-4-2-3-5-9(7)16-13(11)18/h1-8,11-12,24-25H,9-10H2,(H,23,27)(H,26,28);1-8,10,20H,9H2,(H,21,23)(H,22,24);1-10,19H,(H,20,22)(H,21,23);1-2,4-5,8,17,19H,3,6-7H2,(H,16,20)(H,18,21);2-6,15H,1H3,(H,14,17)(H,16,18). The first-order chi connectivity index (χ1) is 55.6. The molecule has 28 heteroatoms. The van der Waals surface area contributed by atoms with E-state index in [1.54, 1.807) is 56.5 Å². The summed E-state index contributed by atoms with van der Waals surface area (Å²) in [5.74, 6) is -1.14. The quantitative estimate of drug-likeness (QED) is 0.0452. The summed E-state index contributed by atoms with van der Waals surface area (Å²) in [6, 6.07) is 58.2. The van der Waals surface area contributed by atoms with Crippen LogP contribution in [0.1, 0.15) is 69.3 Å². The zero-order valence-corrected chi connectivity index (χ0v) is 60.7. The lowest BCUT2D eigenvalue weighted by molar-refractivity contribution is 0.0944. The number of hydrogen-bond donors (Lipinski definition) is 17. The molecule has 0 saturated heterocycles. The number of carbonyl (C=O) groups excluding carboxylic acids is 5. The molecule has 0 atom stereocenters. The predicted octanol–water partition coefficient (Wildman–Crippen LogP) is 11.5. The van der Waals surface area contributed by atoms with Gasteiger partial charge in [0, 0.05) is 181 Å². The number of pyridine rings is 6. The number of nitrogens with one attached hydrogen (secondary N) is 16. The molecule has 19 aromatic rings. The average Bonchev–Trinajstić information content (AvgIpc) is 1.60. The van der Waals surface area contributed by atoms with Gasteiger partial charge >= 0.3 is 0 Å². The van der Waals surface area contributed by atoms with Gasteiger partial charge in [0.2, 0.25) is 0 Å². The van der Waals surface area contributed by atoms with Crippen LogP contribution in [0.2, 0.25) is 0 Å². The van der Waals surface area contributed by atoms with Gasteiger partial charge in [0.25, 0.3) is 57.3 Å². The number of aromatic nitrogens is 12. The highest BCUT2D eigenvalue weighted by Crippen LogP contribution is 2.30. The van der Waals surface area contributed by atoms with Crippen molar-refractivity contribution in [2.24, 2.45) is 0 Å². The second-order valence-electron chi connectivity index (χ2n) is 26.4. The summed E-state index contributed by atoms with van der Waals surface area (Å²) in [4.78, 5) is 158. The van der Waals surface area contributed by atoms with Crippen LogP contribution in [0.4, 0.5) is 5.69 Å². The molecule has 12 heterocycles. The van der Waals surface area contributed by atoms with Crippen LogP contribution in [0.25, 0.3) is 120 Å². The fourth-order valence-electron chi connectivity index (χ4n) is 14.0. The third-order valence-electron chi connectivity index (χ3n) is 19.4. The van der Waals surface area contributed by atoms with Gasteiger partial charge in [0.05, 0.1) is 27.8 Å². The first kappa shape index (κ1) is 73.8. The van der Waals surface area contributed by atoms with Gasteiger partial charge in [0.1, 0.15) is 27.6 Å². The summed E-state index contributed by atoms with van der Waals surface area (Å²) in [7, 11) is 1.57. The third-order valence-corrected chi connectivity index (χ3v) is 19.4. The minimum absolute atomic E-state index is 0.0246. The van der Waals surface area contributed by atoms with Crippen molar-refractivity contribution in [2.75, 3.05) is 32.1 Å². The maximum Gasteiger partial charge on any atom is 0.272 e. The summed E-state index contributed by atoms with van der Waals surface area (Å²) in [5.41, 5.74) is 10.6. The molecule has 0 fully saturated rings. The lowest BCUT2D eigenvalue weighted by atomic mass is 10.1. The molecule has 28 nitrogen and oxygen atoms in total. The minimum atomic E-state index is -0.259. The summed E-state index contributed by atoms with van der Waals surface area (Å²) >= 11 is 0. The fraction of sp³-hybridized carbons (Fsp3) is 0.0814. The number of aliphatic hydroxyl groups excluding tert-OH is 1. The van der Waals surface area contributed by atoms with Gasteiger partial charge in [-0.1, -0.05) is 127 Å². The molecule has 19 rings (SSSR count). The van der Waals surface area contributed by atoms with Gasteiger partial charge in [-0.2, -0.15) is 0 Å². The van der Waals surface area contributed by atoms with Gasteiger partial charge < -0.3 is 86.5 Å². The molecular formula is C86H71N17O11. The molecule has 17 N–H and O–H groups in total. The smallest absolute Gasteiger partial charge is 0.272 e. The van der Waals surface area contributed by atoms with Crippen molar-refractivity contribution in [3.8, 4) is 0 Å². The number of benzene rings is 7. The molecule has 0 aliphatic rings. The normalized spacial score (nSPS) is 11.1. The van der Waals surface area contributed by atoms with E-state index in [0.29, 0.717) is 136 Å². The van der Waals surface area contributed by atoms with Crippen molar-refractivity contribution >= 4 is 155 Å². The summed E-state index contributed by atoms with van der Waals surface area (Å²) < 4.78 is 0. The molecule has 7 aromatic carbocycles. The number of rotatable bonds is 14. The van der Waals surface area contributed by atoms with Crippen LogP contribution >= 0.6 is 0 Å². The van der Waals surface area contributed by atoms with Crippen LogP contribution < -0.4 is 54.4 Å². The Hall–Kier alpha value is -15.7. The van der Waals surface area contributed by atoms with Crippen molar-refractivity contribution in [3.05, 3.63) is 328 Å². The molecule has 0 bridgehead atoms. The van der Waals surface area contributed by atoms with Crippen LogP contribution in [0, 0.1) is 0 Å². The van der Waals surface area contributed by atoms with Crippen molar-refractivity contribution in [1.29, 1.82) is 0 Å². The number of H-pyrrole nitrogens is 11. The van der Waals surface area contributed by atoms with Crippen molar-refractivity contribution in [2.45, 2.75) is 19.4 Å². The molecule has 0 unspecified atom stereocenters. The number of hydrogen-bond acceptors (Lipinski definition) is 12. The summed E-state index contributed by atoms with van der Waals surface area (Å²) in [6.07, 6.45) is 14.4. The van der Waals surface area contributed by atoms with E-state index < -0.39 is 0 Å². The van der Waals surface area contributed by atoms with Crippen molar-refractivity contribution in [1.82, 2.24) is 81.1 Å². The Kier molecular flexibility index (Phi) is 21.1. The first-order valence-corrected chi connectivity index (χ1v) is 36.2. The topological polar surface area (TPSA) is 438 Å². The molecule has 5 amide bonds. The van der Waals surface area contributed by atoms with Crippen molar-refractivity contribution in [3.63, 3.8) is 0 Å². The van der Waals surface area contributed by atoms with E-state index in [0.717, 1.165) is 55.5 Å². The molecular weight excluding hydrogens is 1450 g/mol. The Labute approximate surface area is 641 Å².